The minimum Gasteiger partial charge on any atom is -0.444 e. The van der Waals surface area contributed by atoms with Crippen LogP contribution in [0.5, 0.6) is 0 Å². The number of amides is 1. The fourth-order valence-electron chi connectivity index (χ4n) is 2.51. The first-order valence-corrected chi connectivity index (χ1v) is 8.67. The third-order valence-electron chi connectivity index (χ3n) is 3.92. The van der Waals surface area contributed by atoms with Crippen LogP contribution < -0.4 is 10.6 Å². The van der Waals surface area contributed by atoms with Crippen molar-refractivity contribution in [1.82, 2.24) is 20.4 Å². The Morgan fingerprint density at radius 2 is 1.63 bits per heavy atom. The highest BCUT2D eigenvalue weighted by molar-refractivity contribution is 14.0. The van der Waals surface area contributed by atoms with Gasteiger partial charge in [0.05, 0.1) is 0 Å². The van der Waals surface area contributed by atoms with Crippen LogP contribution in [0.3, 0.4) is 0 Å². The smallest absolute Gasteiger partial charge is 0.407 e. The zero-order valence-electron chi connectivity index (χ0n) is 16.5. The Hall–Kier alpha value is -0.980. The van der Waals surface area contributed by atoms with Gasteiger partial charge in [0.1, 0.15) is 11.6 Å². The molecule has 11 heteroatoms. The van der Waals surface area contributed by atoms with Gasteiger partial charge < -0.3 is 20.3 Å². The highest BCUT2D eigenvalue weighted by atomic mass is 127. The third-order valence-corrected chi connectivity index (χ3v) is 3.92. The van der Waals surface area contributed by atoms with Gasteiger partial charge in [-0.15, -0.1) is 24.0 Å². The predicted molar refractivity (Wildman–Crippen MR) is 110 cm³/mol. The van der Waals surface area contributed by atoms with Crippen LogP contribution in [0.15, 0.2) is 4.99 Å². The summed E-state index contributed by atoms with van der Waals surface area (Å²) in [6, 6.07) is -1.45. The van der Waals surface area contributed by atoms with E-state index in [1.807, 2.05) is 4.90 Å². The second kappa shape index (κ2) is 11.1. The van der Waals surface area contributed by atoms with Gasteiger partial charge >= 0.3 is 12.3 Å². The van der Waals surface area contributed by atoms with Gasteiger partial charge in [0.25, 0.3) is 0 Å². The molecule has 1 atom stereocenters. The molecule has 1 amide bonds. The number of alkyl carbamates (subject to hydrolysis) is 1. The van der Waals surface area contributed by atoms with E-state index in [-0.39, 0.29) is 24.0 Å². The second-order valence-corrected chi connectivity index (χ2v) is 7.14. The number of halogens is 4. The molecule has 1 fully saturated rings. The standard InChI is InChI=1S/C16H30F3N5O2.HI/c1-12(16(17,18)19)23-8-10-24(11-9-23)13(20-5)21-6-7-22-14(25)26-15(2,3)4;/h12H,6-11H2,1-5H3,(H,20,21)(H,22,25);1H. The molecule has 1 heterocycles. The topological polar surface area (TPSA) is 69.2 Å². The summed E-state index contributed by atoms with van der Waals surface area (Å²) in [6.07, 6.45) is -4.71. The van der Waals surface area contributed by atoms with Gasteiger partial charge in [-0.05, 0) is 27.7 Å². The van der Waals surface area contributed by atoms with Crippen LogP contribution in [-0.4, -0.2) is 86.0 Å². The molecule has 27 heavy (non-hydrogen) atoms. The number of hydrogen-bond acceptors (Lipinski definition) is 4. The van der Waals surface area contributed by atoms with E-state index in [4.69, 9.17) is 4.74 Å². The number of guanidine groups is 1. The summed E-state index contributed by atoms with van der Waals surface area (Å²) in [5.41, 5.74) is -0.555. The zero-order valence-corrected chi connectivity index (χ0v) is 18.9. The average molecular weight is 509 g/mol. The lowest BCUT2D eigenvalue weighted by atomic mass is 10.2. The van der Waals surface area contributed by atoms with Crippen molar-refractivity contribution < 1.29 is 22.7 Å². The van der Waals surface area contributed by atoms with E-state index in [1.165, 1.54) is 11.8 Å². The van der Waals surface area contributed by atoms with Crippen molar-refractivity contribution in [3.05, 3.63) is 0 Å². The Kier molecular flexibility index (Phi) is 10.7. The summed E-state index contributed by atoms with van der Waals surface area (Å²) in [7, 11) is 1.62. The molecule has 0 aromatic rings. The molecule has 0 aliphatic carbocycles. The number of nitrogens with zero attached hydrogens (tertiary/aromatic N) is 3. The molecule has 0 radical (unpaired) electrons. The molecule has 2 N–H and O–H groups in total. The van der Waals surface area contributed by atoms with Crippen molar-refractivity contribution in [1.29, 1.82) is 0 Å². The minimum atomic E-state index is -4.21. The number of carbonyl (C=O) groups is 1. The second-order valence-electron chi connectivity index (χ2n) is 7.14. The van der Waals surface area contributed by atoms with Gasteiger partial charge in [0.15, 0.2) is 5.96 Å². The van der Waals surface area contributed by atoms with Crippen molar-refractivity contribution in [3.63, 3.8) is 0 Å². The largest absolute Gasteiger partial charge is 0.444 e. The summed E-state index contributed by atoms with van der Waals surface area (Å²) in [5.74, 6) is 0.607. The molecule has 1 aliphatic heterocycles. The normalized spacial score (nSPS) is 17.8. The van der Waals surface area contributed by atoms with Crippen LogP contribution in [0.2, 0.25) is 0 Å². The Morgan fingerprint density at radius 3 is 2.07 bits per heavy atom. The number of carbonyl (C=O) groups excluding carboxylic acids is 1. The van der Waals surface area contributed by atoms with E-state index in [2.05, 4.69) is 15.6 Å². The Bertz CT molecular complexity index is 489. The zero-order chi connectivity index (χ0) is 20.0. The SMILES string of the molecule is CN=C(NCCNC(=O)OC(C)(C)C)N1CCN(C(C)C(F)(F)F)CC1.I. The van der Waals surface area contributed by atoms with Crippen LogP contribution in [0.1, 0.15) is 27.7 Å². The molecule has 0 bridgehead atoms. The van der Waals surface area contributed by atoms with Gasteiger partial charge in [-0.2, -0.15) is 13.2 Å². The van der Waals surface area contributed by atoms with Crippen molar-refractivity contribution in [2.45, 2.75) is 45.5 Å². The molecule has 0 aromatic heterocycles. The Labute approximate surface area is 176 Å². The summed E-state index contributed by atoms with van der Waals surface area (Å²) in [4.78, 5) is 19.0. The fraction of sp³-hybridized carbons (Fsp3) is 0.875. The first-order chi connectivity index (χ1) is 11.9. The molecular formula is C16H31F3IN5O2. The van der Waals surface area contributed by atoms with Gasteiger partial charge in [-0.3, -0.25) is 9.89 Å². The highest BCUT2D eigenvalue weighted by Crippen LogP contribution is 2.25. The Balaban J connectivity index is 0.00000676. The highest BCUT2D eigenvalue weighted by Gasteiger charge is 2.41. The lowest BCUT2D eigenvalue weighted by Crippen LogP contribution is -2.57. The maximum atomic E-state index is 12.8. The number of nitrogens with one attached hydrogen (secondary N) is 2. The molecule has 1 rings (SSSR count). The van der Waals surface area contributed by atoms with E-state index >= 15 is 0 Å². The van der Waals surface area contributed by atoms with Crippen LogP contribution in [0.25, 0.3) is 0 Å². The van der Waals surface area contributed by atoms with Crippen LogP contribution >= 0.6 is 24.0 Å². The van der Waals surface area contributed by atoms with E-state index in [0.717, 1.165) is 0 Å². The van der Waals surface area contributed by atoms with Crippen molar-refractivity contribution >= 4 is 36.0 Å². The number of hydrogen-bond donors (Lipinski definition) is 2. The summed E-state index contributed by atoms with van der Waals surface area (Å²) in [6.45, 7) is 8.87. The fourth-order valence-corrected chi connectivity index (χ4v) is 2.51. The first kappa shape index (κ1) is 26.0. The van der Waals surface area contributed by atoms with Gasteiger partial charge in [-0.25, -0.2) is 4.79 Å². The molecule has 7 nitrogen and oxygen atoms in total. The van der Waals surface area contributed by atoms with Crippen LogP contribution in [0.4, 0.5) is 18.0 Å². The third kappa shape index (κ3) is 9.67. The Morgan fingerprint density at radius 1 is 1.11 bits per heavy atom. The number of aliphatic imine (C=N–C) groups is 1. The summed E-state index contributed by atoms with van der Waals surface area (Å²) < 4.78 is 43.5. The number of rotatable bonds is 4. The molecule has 160 valence electrons. The molecule has 0 saturated carbocycles. The summed E-state index contributed by atoms with van der Waals surface area (Å²) >= 11 is 0. The maximum Gasteiger partial charge on any atom is 0.407 e. The quantitative estimate of drug-likeness (QED) is 0.264. The number of alkyl halides is 3. The molecule has 1 saturated heterocycles. The maximum absolute atomic E-state index is 12.8. The lowest BCUT2D eigenvalue weighted by Gasteiger charge is -2.39. The number of piperazine rings is 1. The number of ether oxygens (including phenoxy) is 1. The van der Waals surface area contributed by atoms with Gasteiger partial charge in [0, 0.05) is 46.3 Å². The first-order valence-electron chi connectivity index (χ1n) is 8.67. The van der Waals surface area contributed by atoms with E-state index in [1.54, 1.807) is 27.8 Å². The van der Waals surface area contributed by atoms with Crippen molar-refractivity contribution in [3.8, 4) is 0 Å². The van der Waals surface area contributed by atoms with E-state index in [9.17, 15) is 18.0 Å². The molecule has 0 spiro atoms. The molecule has 1 unspecified atom stereocenters. The molecular weight excluding hydrogens is 478 g/mol. The summed E-state index contributed by atoms with van der Waals surface area (Å²) in [5, 5.41) is 5.73. The van der Waals surface area contributed by atoms with Crippen molar-refractivity contribution in [2.75, 3.05) is 46.3 Å². The van der Waals surface area contributed by atoms with Gasteiger partial charge in [-0.1, -0.05) is 0 Å². The monoisotopic (exact) mass is 509 g/mol. The van der Waals surface area contributed by atoms with Crippen LogP contribution in [0, 0.1) is 0 Å². The lowest BCUT2D eigenvalue weighted by molar-refractivity contribution is -0.181. The van der Waals surface area contributed by atoms with Gasteiger partial charge in [0.2, 0.25) is 0 Å². The van der Waals surface area contributed by atoms with Crippen molar-refractivity contribution in [2.24, 2.45) is 4.99 Å². The predicted octanol–water partition coefficient (Wildman–Crippen LogP) is 2.27. The van der Waals surface area contributed by atoms with E-state index < -0.39 is 23.9 Å². The van der Waals surface area contributed by atoms with Crippen LogP contribution in [-0.2, 0) is 4.74 Å². The van der Waals surface area contributed by atoms with E-state index in [0.29, 0.717) is 45.2 Å². The molecule has 1 aliphatic rings. The minimum absolute atomic E-state index is 0. The average Bonchev–Trinajstić information content (AvgIpc) is 2.52. The molecule has 0 aromatic carbocycles.